The van der Waals surface area contributed by atoms with E-state index in [4.69, 9.17) is 0 Å². The van der Waals surface area contributed by atoms with Crippen LogP contribution in [-0.2, 0) is 27.3 Å². The number of nitrogens with zero attached hydrogens (tertiary/aromatic N) is 1. The van der Waals surface area contributed by atoms with Crippen molar-refractivity contribution >= 4 is 29.1 Å². The van der Waals surface area contributed by atoms with Crippen LogP contribution in [0.2, 0.25) is 0 Å². The molecule has 1 unspecified atom stereocenters. The Labute approximate surface area is 174 Å². The van der Waals surface area contributed by atoms with Crippen molar-refractivity contribution in [2.24, 2.45) is 0 Å². The predicted octanol–water partition coefficient (Wildman–Crippen LogP) is 1.77. The topological polar surface area (TPSA) is 98.7 Å². The molecule has 0 bridgehead atoms. The van der Waals surface area contributed by atoms with Crippen molar-refractivity contribution in [2.45, 2.75) is 31.4 Å². The average Bonchev–Trinajstić information content (AvgIpc) is 3.06. The Balaban J connectivity index is 1.49. The van der Waals surface area contributed by atoms with Crippen molar-refractivity contribution < 1.29 is 32.7 Å². The first-order chi connectivity index (χ1) is 14.7. The SMILES string of the molecule is O=C1CCc2cc(N3CCC(O)(C(=O)NCc4c(F)ccc(F)c4F)C3=O)ccc2N1. The molecule has 31 heavy (non-hydrogen) atoms. The zero-order chi connectivity index (χ0) is 22.3. The van der Waals surface area contributed by atoms with Gasteiger partial charge in [-0.15, -0.1) is 0 Å². The van der Waals surface area contributed by atoms with Crippen molar-refractivity contribution in [3.05, 3.63) is 58.9 Å². The first kappa shape index (κ1) is 20.9. The van der Waals surface area contributed by atoms with Crippen LogP contribution in [0.3, 0.4) is 0 Å². The molecule has 4 rings (SSSR count). The molecule has 0 aliphatic carbocycles. The summed E-state index contributed by atoms with van der Waals surface area (Å²) in [6.45, 7) is -0.695. The Bertz CT molecular complexity index is 1110. The second-order valence-electron chi connectivity index (χ2n) is 7.46. The molecule has 7 nitrogen and oxygen atoms in total. The van der Waals surface area contributed by atoms with E-state index in [0.29, 0.717) is 30.3 Å². The Kier molecular flexibility index (Phi) is 5.18. The van der Waals surface area contributed by atoms with Gasteiger partial charge in [0.15, 0.2) is 11.6 Å². The molecule has 1 saturated heterocycles. The van der Waals surface area contributed by atoms with E-state index >= 15 is 0 Å². The molecular formula is C21H18F3N3O4. The van der Waals surface area contributed by atoms with Gasteiger partial charge in [0.2, 0.25) is 11.5 Å². The van der Waals surface area contributed by atoms with Gasteiger partial charge in [0, 0.05) is 42.9 Å². The Morgan fingerprint density at radius 1 is 1.13 bits per heavy atom. The van der Waals surface area contributed by atoms with Gasteiger partial charge in [-0.2, -0.15) is 0 Å². The summed E-state index contributed by atoms with van der Waals surface area (Å²) in [6, 6.07) is 6.26. The summed E-state index contributed by atoms with van der Waals surface area (Å²) >= 11 is 0. The fourth-order valence-electron chi connectivity index (χ4n) is 3.75. The lowest BCUT2D eigenvalue weighted by Crippen LogP contribution is -2.52. The highest BCUT2D eigenvalue weighted by Crippen LogP contribution is 2.33. The third-order valence-electron chi connectivity index (χ3n) is 5.53. The molecule has 1 atom stereocenters. The van der Waals surface area contributed by atoms with Gasteiger partial charge in [-0.1, -0.05) is 0 Å². The van der Waals surface area contributed by atoms with Gasteiger partial charge >= 0.3 is 0 Å². The number of carbonyl (C=O) groups is 3. The summed E-state index contributed by atoms with van der Waals surface area (Å²) < 4.78 is 40.8. The molecule has 0 radical (unpaired) electrons. The minimum atomic E-state index is -2.43. The number of carbonyl (C=O) groups excluding carboxylic acids is 3. The van der Waals surface area contributed by atoms with Gasteiger partial charge in [0.1, 0.15) is 5.82 Å². The van der Waals surface area contributed by atoms with E-state index in [2.05, 4.69) is 10.6 Å². The lowest BCUT2D eigenvalue weighted by Gasteiger charge is -2.24. The zero-order valence-corrected chi connectivity index (χ0v) is 16.2. The number of amides is 3. The van der Waals surface area contributed by atoms with E-state index in [9.17, 15) is 32.7 Å². The quantitative estimate of drug-likeness (QED) is 0.506. The summed E-state index contributed by atoms with van der Waals surface area (Å²) in [5.74, 6) is -5.91. The average molecular weight is 433 g/mol. The lowest BCUT2D eigenvalue weighted by atomic mass is 10.0. The zero-order valence-electron chi connectivity index (χ0n) is 16.2. The van der Waals surface area contributed by atoms with Crippen LogP contribution in [-0.4, -0.2) is 35.0 Å². The normalized spacial score (nSPS) is 20.5. The van der Waals surface area contributed by atoms with Crippen LogP contribution in [0.4, 0.5) is 24.5 Å². The Morgan fingerprint density at radius 3 is 2.65 bits per heavy atom. The molecule has 1 fully saturated rings. The molecule has 2 heterocycles. The summed E-state index contributed by atoms with van der Waals surface area (Å²) in [4.78, 5) is 38.1. The Morgan fingerprint density at radius 2 is 1.87 bits per heavy atom. The number of anilines is 2. The van der Waals surface area contributed by atoms with Crippen LogP contribution in [0, 0.1) is 17.5 Å². The first-order valence-corrected chi connectivity index (χ1v) is 9.58. The standard InChI is InChI=1S/C21H18F3N3O4/c22-14-3-4-15(23)18(24)13(14)10-25-19(29)21(31)7-8-27(20(21)30)12-2-5-16-11(9-12)1-6-17(28)26-16/h2-5,9,31H,1,6-8,10H2,(H,25,29)(H,26,28). The maximum Gasteiger partial charge on any atom is 0.268 e. The highest BCUT2D eigenvalue weighted by molar-refractivity contribution is 6.16. The molecule has 2 aliphatic heterocycles. The van der Waals surface area contributed by atoms with E-state index in [1.54, 1.807) is 18.2 Å². The highest BCUT2D eigenvalue weighted by Gasteiger charge is 2.51. The number of benzene rings is 2. The van der Waals surface area contributed by atoms with Gasteiger partial charge in [0.25, 0.3) is 11.8 Å². The van der Waals surface area contributed by atoms with Crippen LogP contribution in [0.5, 0.6) is 0 Å². The van der Waals surface area contributed by atoms with E-state index in [1.807, 2.05) is 0 Å². The van der Waals surface area contributed by atoms with E-state index < -0.39 is 47.0 Å². The minimum Gasteiger partial charge on any atom is -0.372 e. The van der Waals surface area contributed by atoms with Crippen molar-refractivity contribution in [1.29, 1.82) is 0 Å². The van der Waals surface area contributed by atoms with Gasteiger partial charge < -0.3 is 20.6 Å². The largest absolute Gasteiger partial charge is 0.372 e. The summed E-state index contributed by atoms with van der Waals surface area (Å²) in [5.41, 5.74) is -1.23. The highest BCUT2D eigenvalue weighted by atomic mass is 19.2. The smallest absolute Gasteiger partial charge is 0.268 e. The molecule has 0 spiro atoms. The van der Waals surface area contributed by atoms with Gasteiger partial charge in [-0.3, -0.25) is 14.4 Å². The molecule has 3 N–H and O–H groups in total. The maximum atomic E-state index is 13.8. The number of aryl methyl sites for hydroxylation is 1. The molecule has 10 heteroatoms. The molecule has 2 aromatic rings. The molecular weight excluding hydrogens is 415 g/mol. The number of rotatable bonds is 4. The molecule has 2 aliphatic rings. The van der Waals surface area contributed by atoms with Crippen LogP contribution >= 0.6 is 0 Å². The van der Waals surface area contributed by atoms with Crippen LogP contribution < -0.4 is 15.5 Å². The van der Waals surface area contributed by atoms with E-state index in [0.717, 1.165) is 11.6 Å². The van der Waals surface area contributed by atoms with Crippen molar-refractivity contribution in [3.8, 4) is 0 Å². The number of hydrogen-bond donors (Lipinski definition) is 3. The molecule has 0 aromatic heterocycles. The number of aliphatic hydroxyl groups is 1. The monoisotopic (exact) mass is 433 g/mol. The third kappa shape index (κ3) is 3.63. The molecule has 2 aromatic carbocycles. The van der Waals surface area contributed by atoms with Crippen molar-refractivity contribution in [1.82, 2.24) is 5.32 Å². The number of halogens is 3. The molecule has 162 valence electrons. The molecule has 0 saturated carbocycles. The van der Waals surface area contributed by atoms with Gasteiger partial charge in [-0.25, -0.2) is 13.2 Å². The van der Waals surface area contributed by atoms with Gasteiger partial charge in [0.05, 0.1) is 0 Å². The molecule has 3 amide bonds. The number of hydrogen-bond acceptors (Lipinski definition) is 4. The lowest BCUT2D eigenvalue weighted by molar-refractivity contribution is -0.149. The first-order valence-electron chi connectivity index (χ1n) is 9.58. The summed E-state index contributed by atoms with van der Waals surface area (Å²) in [5, 5.41) is 15.5. The minimum absolute atomic E-state index is 0.0383. The summed E-state index contributed by atoms with van der Waals surface area (Å²) in [6.07, 6.45) is 0.566. The Hall–Kier alpha value is -3.40. The second kappa shape index (κ2) is 7.69. The predicted molar refractivity (Wildman–Crippen MR) is 103 cm³/mol. The van der Waals surface area contributed by atoms with Crippen LogP contribution in [0.15, 0.2) is 30.3 Å². The van der Waals surface area contributed by atoms with E-state index in [1.165, 1.54) is 4.90 Å². The van der Waals surface area contributed by atoms with Crippen LogP contribution in [0.1, 0.15) is 24.0 Å². The van der Waals surface area contributed by atoms with E-state index in [-0.39, 0.29) is 18.9 Å². The fourth-order valence-corrected chi connectivity index (χ4v) is 3.75. The van der Waals surface area contributed by atoms with Crippen LogP contribution in [0.25, 0.3) is 0 Å². The van der Waals surface area contributed by atoms with Crippen molar-refractivity contribution in [2.75, 3.05) is 16.8 Å². The second-order valence-corrected chi connectivity index (χ2v) is 7.46. The van der Waals surface area contributed by atoms with Crippen molar-refractivity contribution in [3.63, 3.8) is 0 Å². The summed E-state index contributed by atoms with van der Waals surface area (Å²) in [7, 11) is 0. The maximum absolute atomic E-state index is 13.8. The third-order valence-corrected chi connectivity index (χ3v) is 5.53. The fraction of sp³-hybridized carbons (Fsp3) is 0.286. The van der Waals surface area contributed by atoms with Gasteiger partial charge in [-0.05, 0) is 42.3 Å². The number of fused-ring (bicyclic) bond motifs is 1. The number of nitrogens with one attached hydrogen (secondary N) is 2.